The molecule has 2 aromatic rings. The highest BCUT2D eigenvalue weighted by atomic mass is 19.3. The van der Waals surface area contributed by atoms with Crippen molar-refractivity contribution in [2.45, 2.75) is 25.5 Å². The lowest BCUT2D eigenvalue weighted by molar-refractivity contribution is -0.0498. The van der Waals surface area contributed by atoms with Crippen LogP contribution >= 0.6 is 0 Å². The minimum absolute atomic E-state index is 0.161. The molecule has 1 atom stereocenters. The Labute approximate surface area is 144 Å². The van der Waals surface area contributed by atoms with Gasteiger partial charge in [-0.25, -0.2) is 4.98 Å². The number of anilines is 2. The Morgan fingerprint density at radius 1 is 1.24 bits per heavy atom. The standard InChI is InChI=1S/C18H18F2N4O/c19-18(20)25-17-7-5-16(6-8-17)24-9-1-2-15(12-24)23-14-4-3-13(10-21)22-11-14/h3-8,11,15,18,23H,1-2,9,12H2. The van der Waals surface area contributed by atoms with Crippen molar-refractivity contribution >= 4 is 11.4 Å². The zero-order valence-electron chi connectivity index (χ0n) is 13.5. The number of ether oxygens (including phenoxy) is 1. The van der Waals surface area contributed by atoms with Gasteiger partial charge in [0.1, 0.15) is 17.5 Å². The van der Waals surface area contributed by atoms with Gasteiger partial charge in [-0.2, -0.15) is 14.0 Å². The van der Waals surface area contributed by atoms with E-state index < -0.39 is 6.61 Å². The van der Waals surface area contributed by atoms with Gasteiger partial charge in [-0.1, -0.05) is 0 Å². The third-order valence-corrected chi connectivity index (χ3v) is 4.10. The molecule has 1 aliphatic rings. The summed E-state index contributed by atoms with van der Waals surface area (Å²) in [4.78, 5) is 6.27. The smallest absolute Gasteiger partial charge is 0.387 e. The molecule has 1 N–H and O–H groups in total. The van der Waals surface area contributed by atoms with Gasteiger partial charge in [-0.3, -0.25) is 0 Å². The average molecular weight is 344 g/mol. The van der Waals surface area contributed by atoms with Crippen LogP contribution in [0.2, 0.25) is 0 Å². The Kier molecular flexibility index (Phi) is 5.29. The number of pyridine rings is 1. The molecular formula is C18H18F2N4O. The minimum Gasteiger partial charge on any atom is -0.435 e. The van der Waals surface area contributed by atoms with Crippen molar-refractivity contribution in [2.24, 2.45) is 0 Å². The van der Waals surface area contributed by atoms with Crippen molar-refractivity contribution in [1.82, 2.24) is 4.98 Å². The molecule has 0 radical (unpaired) electrons. The van der Waals surface area contributed by atoms with E-state index in [-0.39, 0.29) is 11.8 Å². The minimum atomic E-state index is -2.81. The van der Waals surface area contributed by atoms with Crippen molar-refractivity contribution in [3.05, 3.63) is 48.3 Å². The highest BCUT2D eigenvalue weighted by Gasteiger charge is 2.20. The second-order valence-electron chi connectivity index (χ2n) is 5.85. The molecule has 0 bridgehead atoms. The molecule has 0 spiro atoms. The van der Waals surface area contributed by atoms with E-state index >= 15 is 0 Å². The zero-order chi connectivity index (χ0) is 17.6. The topological polar surface area (TPSA) is 61.2 Å². The fraction of sp³-hybridized carbons (Fsp3) is 0.333. The predicted octanol–water partition coefficient (Wildman–Crippen LogP) is 3.64. The molecule has 0 amide bonds. The van der Waals surface area contributed by atoms with E-state index in [0.29, 0.717) is 5.69 Å². The largest absolute Gasteiger partial charge is 0.435 e. The Hall–Kier alpha value is -2.88. The first-order chi connectivity index (χ1) is 12.1. The maximum atomic E-state index is 12.2. The van der Waals surface area contributed by atoms with Crippen LogP contribution in [-0.2, 0) is 0 Å². The van der Waals surface area contributed by atoms with Crippen molar-refractivity contribution < 1.29 is 13.5 Å². The van der Waals surface area contributed by atoms with E-state index in [1.54, 1.807) is 36.5 Å². The fourth-order valence-electron chi connectivity index (χ4n) is 2.95. The normalized spacial score (nSPS) is 17.2. The van der Waals surface area contributed by atoms with Crippen LogP contribution in [0.15, 0.2) is 42.6 Å². The zero-order valence-corrected chi connectivity index (χ0v) is 13.5. The van der Waals surface area contributed by atoms with Crippen LogP contribution in [0.1, 0.15) is 18.5 Å². The van der Waals surface area contributed by atoms with Gasteiger partial charge in [0, 0.05) is 24.8 Å². The highest BCUT2D eigenvalue weighted by molar-refractivity contribution is 5.51. The molecule has 130 valence electrons. The number of alkyl halides is 2. The van der Waals surface area contributed by atoms with Crippen LogP contribution < -0.4 is 15.0 Å². The Balaban J connectivity index is 1.61. The number of rotatable bonds is 5. The molecule has 0 aliphatic carbocycles. The summed E-state index contributed by atoms with van der Waals surface area (Å²) in [6, 6.07) is 12.5. The first-order valence-electron chi connectivity index (χ1n) is 8.06. The Bertz CT molecular complexity index is 728. The second kappa shape index (κ2) is 7.79. The summed E-state index contributed by atoms with van der Waals surface area (Å²) in [5, 5.41) is 12.2. The molecule has 1 aliphatic heterocycles. The van der Waals surface area contributed by atoms with E-state index in [2.05, 4.69) is 19.9 Å². The highest BCUT2D eigenvalue weighted by Crippen LogP contribution is 2.25. The molecule has 1 aromatic heterocycles. The van der Waals surface area contributed by atoms with Gasteiger partial charge in [0.05, 0.1) is 11.9 Å². The molecule has 1 unspecified atom stereocenters. The summed E-state index contributed by atoms with van der Waals surface area (Å²) in [6.07, 6.45) is 3.72. The van der Waals surface area contributed by atoms with Crippen molar-refractivity contribution in [2.75, 3.05) is 23.3 Å². The number of nitrogens with zero attached hydrogens (tertiary/aromatic N) is 3. The van der Waals surface area contributed by atoms with Gasteiger partial charge in [-0.15, -0.1) is 0 Å². The molecule has 2 heterocycles. The van der Waals surface area contributed by atoms with Crippen LogP contribution in [0.3, 0.4) is 0 Å². The van der Waals surface area contributed by atoms with Crippen molar-refractivity contribution in [3.8, 4) is 11.8 Å². The average Bonchev–Trinajstić information content (AvgIpc) is 2.63. The van der Waals surface area contributed by atoms with Gasteiger partial charge < -0.3 is 15.0 Å². The van der Waals surface area contributed by atoms with Gasteiger partial charge in [0.25, 0.3) is 0 Å². The van der Waals surface area contributed by atoms with Gasteiger partial charge in [-0.05, 0) is 49.2 Å². The molecule has 3 rings (SSSR count). The van der Waals surface area contributed by atoms with E-state index in [9.17, 15) is 8.78 Å². The van der Waals surface area contributed by atoms with Gasteiger partial charge in [0.15, 0.2) is 0 Å². The first kappa shape index (κ1) is 17.0. The van der Waals surface area contributed by atoms with Crippen molar-refractivity contribution in [1.29, 1.82) is 5.26 Å². The molecule has 1 saturated heterocycles. The number of halogens is 2. The van der Waals surface area contributed by atoms with Gasteiger partial charge in [0.2, 0.25) is 0 Å². The number of piperidine rings is 1. The summed E-state index contributed by atoms with van der Waals surface area (Å²) in [5.41, 5.74) is 2.25. The number of hydrogen-bond acceptors (Lipinski definition) is 5. The molecule has 0 saturated carbocycles. The first-order valence-corrected chi connectivity index (χ1v) is 8.06. The maximum Gasteiger partial charge on any atom is 0.387 e. The fourth-order valence-corrected chi connectivity index (χ4v) is 2.95. The monoisotopic (exact) mass is 344 g/mol. The predicted molar refractivity (Wildman–Crippen MR) is 90.9 cm³/mol. The van der Waals surface area contributed by atoms with E-state index in [0.717, 1.165) is 37.3 Å². The molecule has 5 nitrogen and oxygen atoms in total. The SMILES string of the molecule is N#Cc1ccc(NC2CCCN(c3ccc(OC(F)F)cc3)C2)cn1. The summed E-state index contributed by atoms with van der Waals surface area (Å²) in [6.45, 7) is -1.09. The molecule has 1 fully saturated rings. The summed E-state index contributed by atoms with van der Waals surface area (Å²) < 4.78 is 28.8. The number of benzene rings is 1. The molecule has 25 heavy (non-hydrogen) atoms. The van der Waals surface area contributed by atoms with E-state index in [1.807, 2.05) is 12.1 Å². The lowest BCUT2D eigenvalue weighted by atomic mass is 10.0. The number of aromatic nitrogens is 1. The summed E-state index contributed by atoms with van der Waals surface area (Å²) in [7, 11) is 0. The molecular weight excluding hydrogens is 326 g/mol. The summed E-state index contributed by atoms with van der Waals surface area (Å²) in [5.74, 6) is 0.161. The van der Waals surface area contributed by atoms with Gasteiger partial charge >= 0.3 is 6.61 Å². The Morgan fingerprint density at radius 2 is 2.04 bits per heavy atom. The number of nitriles is 1. The lowest BCUT2D eigenvalue weighted by Crippen LogP contribution is -2.42. The maximum absolute atomic E-state index is 12.2. The van der Waals surface area contributed by atoms with Crippen LogP contribution in [-0.4, -0.2) is 30.7 Å². The Morgan fingerprint density at radius 3 is 2.68 bits per heavy atom. The molecule has 1 aromatic carbocycles. The molecule has 7 heteroatoms. The van der Waals surface area contributed by atoms with Crippen LogP contribution in [0.5, 0.6) is 5.75 Å². The van der Waals surface area contributed by atoms with E-state index in [4.69, 9.17) is 5.26 Å². The second-order valence-corrected chi connectivity index (χ2v) is 5.85. The van der Waals surface area contributed by atoms with Crippen LogP contribution in [0.25, 0.3) is 0 Å². The number of nitrogens with one attached hydrogen (secondary N) is 1. The van der Waals surface area contributed by atoms with Crippen molar-refractivity contribution in [3.63, 3.8) is 0 Å². The number of hydrogen-bond donors (Lipinski definition) is 1. The van der Waals surface area contributed by atoms with E-state index in [1.165, 1.54) is 0 Å². The third-order valence-electron chi connectivity index (χ3n) is 4.10. The van der Waals surface area contributed by atoms with Crippen LogP contribution in [0, 0.1) is 11.3 Å². The van der Waals surface area contributed by atoms with Crippen LogP contribution in [0.4, 0.5) is 20.2 Å². The quantitative estimate of drug-likeness (QED) is 0.897. The lowest BCUT2D eigenvalue weighted by Gasteiger charge is -2.35. The summed E-state index contributed by atoms with van der Waals surface area (Å²) >= 11 is 0. The third kappa shape index (κ3) is 4.57.